The van der Waals surface area contributed by atoms with Crippen molar-refractivity contribution in [3.8, 4) is 5.69 Å². The fourth-order valence-corrected chi connectivity index (χ4v) is 2.91. The number of carbonyl (C=O) groups is 2. The number of aryl methyl sites for hydroxylation is 1. The molecule has 1 heterocycles. The van der Waals surface area contributed by atoms with Crippen LogP contribution in [0, 0.1) is 5.92 Å². The molecule has 1 saturated carbocycles. The standard InChI is InChI=1S/C22H22N4O2/c1-2-15-3-9-18(10-4-15)24-21(27)17-7-11-19(12-8-17)26-13-20(23-14-26)25-22(28)16-5-6-16/h3-4,7-14,16H,2,5-6H2,1H3,(H,24,27)(H,25,28). The van der Waals surface area contributed by atoms with Gasteiger partial charge in [-0.3, -0.25) is 9.59 Å². The van der Waals surface area contributed by atoms with Crippen LogP contribution in [-0.2, 0) is 11.2 Å². The van der Waals surface area contributed by atoms with Crippen LogP contribution < -0.4 is 10.6 Å². The first-order valence-electron chi connectivity index (χ1n) is 9.48. The minimum atomic E-state index is -0.154. The van der Waals surface area contributed by atoms with Gasteiger partial charge >= 0.3 is 0 Å². The third kappa shape index (κ3) is 4.11. The Kier molecular flexibility index (Phi) is 4.93. The van der Waals surface area contributed by atoms with Crippen molar-refractivity contribution in [1.29, 1.82) is 0 Å². The minimum absolute atomic E-state index is 0.0317. The van der Waals surface area contributed by atoms with Gasteiger partial charge in [0.05, 0.1) is 6.20 Å². The molecule has 1 fully saturated rings. The van der Waals surface area contributed by atoms with Gasteiger partial charge in [0.25, 0.3) is 5.91 Å². The maximum Gasteiger partial charge on any atom is 0.255 e. The largest absolute Gasteiger partial charge is 0.322 e. The highest BCUT2D eigenvalue weighted by Crippen LogP contribution is 2.30. The third-order valence-corrected chi connectivity index (χ3v) is 4.83. The lowest BCUT2D eigenvalue weighted by Gasteiger charge is -2.07. The second-order valence-electron chi connectivity index (χ2n) is 6.98. The summed E-state index contributed by atoms with van der Waals surface area (Å²) in [5, 5.41) is 5.73. The van der Waals surface area contributed by atoms with E-state index in [-0.39, 0.29) is 17.7 Å². The van der Waals surface area contributed by atoms with Gasteiger partial charge in [0.2, 0.25) is 5.91 Å². The molecule has 1 aliphatic rings. The smallest absolute Gasteiger partial charge is 0.255 e. The molecule has 0 unspecified atom stereocenters. The van der Waals surface area contributed by atoms with Crippen LogP contribution in [0.1, 0.15) is 35.7 Å². The summed E-state index contributed by atoms with van der Waals surface area (Å²) in [6.45, 7) is 2.10. The molecule has 2 amide bonds. The van der Waals surface area contributed by atoms with E-state index in [1.54, 1.807) is 24.7 Å². The molecular weight excluding hydrogens is 352 g/mol. The van der Waals surface area contributed by atoms with Gasteiger partial charge in [0, 0.05) is 22.9 Å². The summed E-state index contributed by atoms with van der Waals surface area (Å²) >= 11 is 0. The summed E-state index contributed by atoms with van der Waals surface area (Å²) in [5.74, 6) is 0.554. The summed E-state index contributed by atoms with van der Waals surface area (Å²) in [6.07, 6.45) is 6.30. The highest BCUT2D eigenvalue weighted by Gasteiger charge is 2.29. The van der Waals surface area contributed by atoms with E-state index in [0.717, 1.165) is 30.6 Å². The van der Waals surface area contributed by atoms with Crippen LogP contribution in [0.4, 0.5) is 11.5 Å². The number of nitrogens with zero attached hydrogens (tertiary/aromatic N) is 2. The Morgan fingerprint density at radius 3 is 2.39 bits per heavy atom. The van der Waals surface area contributed by atoms with Gasteiger partial charge in [-0.05, 0) is 61.2 Å². The van der Waals surface area contributed by atoms with Crippen LogP contribution in [0.25, 0.3) is 5.69 Å². The first-order chi connectivity index (χ1) is 13.6. The second-order valence-corrected chi connectivity index (χ2v) is 6.98. The highest BCUT2D eigenvalue weighted by atomic mass is 16.2. The van der Waals surface area contributed by atoms with E-state index >= 15 is 0 Å². The number of aromatic nitrogens is 2. The topological polar surface area (TPSA) is 76.0 Å². The average Bonchev–Trinajstić information content (AvgIpc) is 3.48. The van der Waals surface area contributed by atoms with Crippen LogP contribution in [0.5, 0.6) is 0 Å². The number of amides is 2. The normalized spacial score (nSPS) is 13.2. The Morgan fingerprint density at radius 2 is 1.75 bits per heavy atom. The fourth-order valence-electron chi connectivity index (χ4n) is 2.91. The number of benzene rings is 2. The number of hydrogen-bond donors (Lipinski definition) is 2. The zero-order valence-corrected chi connectivity index (χ0v) is 15.7. The molecule has 1 aromatic heterocycles. The Balaban J connectivity index is 1.40. The van der Waals surface area contributed by atoms with E-state index in [2.05, 4.69) is 22.5 Å². The SMILES string of the molecule is CCc1ccc(NC(=O)c2ccc(-n3cnc(NC(=O)C4CC4)c3)cc2)cc1. The van der Waals surface area contributed by atoms with Crippen molar-refractivity contribution in [3.63, 3.8) is 0 Å². The Hall–Kier alpha value is -3.41. The lowest BCUT2D eigenvalue weighted by atomic mass is 10.1. The number of nitrogens with one attached hydrogen (secondary N) is 2. The number of carbonyl (C=O) groups excluding carboxylic acids is 2. The molecule has 28 heavy (non-hydrogen) atoms. The van der Waals surface area contributed by atoms with Gasteiger partial charge in [-0.2, -0.15) is 0 Å². The van der Waals surface area contributed by atoms with Gasteiger partial charge in [0.1, 0.15) is 6.33 Å². The number of anilines is 2. The van der Waals surface area contributed by atoms with Crippen LogP contribution in [0.3, 0.4) is 0 Å². The number of imidazole rings is 1. The van der Waals surface area contributed by atoms with E-state index < -0.39 is 0 Å². The van der Waals surface area contributed by atoms with Gasteiger partial charge in [0.15, 0.2) is 5.82 Å². The quantitative estimate of drug-likeness (QED) is 0.684. The van der Waals surface area contributed by atoms with Crippen LogP contribution in [0.15, 0.2) is 61.1 Å². The summed E-state index contributed by atoms with van der Waals surface area (Å²) < 4.78 is 1.81. The maximum atomic E-state index is 12.4. The van der Waals surface area contributed by atoms with Crippen molar-refractivity contribution in [2.75, 3.05) is 10.6 Å². The molecule has 2 N–H and O–H groups in total. The molecule has 0 spiro atoms. The van der Waals surface area contributed by atoms with Gasteiger partial charge in [-0.15, -0.1) is 0 Å². The van der Waals surface area contributed by atoms with Crippen molar-refractivity contribution in [3.05, 3.63) is 72.2 Å². The van der Waals surface area contributed by atoms with E-state index in [1.807, 2.05) is 41.0 Å². The average molecular weight is 374 g/mol. The van der Waals surface area contributed by atoms with Crippen molar-refractivity contribution in [2.24, 2.45) is 5.92 Å². The Labute approximate surface area is 163 Å². The molecule has 1 aliphatic carbocycles. The zero-order valence-electron chi connectivity index (χ0n) is 15.7. The van der Waals surface area contributed by atoms with E-state index in [4.69, 9.17) is 0 Å². The fraction of sp³-hybridized carbons (Fsp3) is 0.227. The van der Waals surface area contributed by atoms with Crippen molar-refractivity contribution < 1.29 is 9.59 Å². The molecular formula is C22H22N4O2. The summed E-state index contributed by atoms with van der Waals surface area (Å²) in [4.78, 5) is 28.5. The van der Waals surface area contributed by atoms with Gasteiger partial charge < -0.3 is 15.2 Å². The van der Waals surface area contributed by atoms with Crippen LogP contribution in [0.2, 0.25) is 0 Å². The molecule has 6 nitrogen and oxygen atoms in total. The summed E-state index contributed by atoms with van der Waals surface area (Å²) in [5.41, 5.74) is 3.45. The molecule has 4 rings (SSSR count). The minimum Gasteiger partial charge on any atom is -0.322 e. The predicted molar refractivity (Wildman–Crippen MR) is 109 cm³/mol. The Bertz CT molecular complexity index is 986. The van der Waals surface area contributed by atoms with Gasteiger partial charge in [-0.25, -0.2) is 4.98 Å². The maximum absolute atomic E-state index is 12.4. The molecule has 0 radical (unpaired) electrons. The molecule has 0 saturated heterocycles. The van der Waals surface area contributed by atoms with E-state index in [1.165, 1.54) is 5.56 Å². The van der Waals surface area contributed by atoms with Gasteiger partial charge in [-0.1, -0.05) is 19.1 Å². The predicted octanol–water partition coefficient (Wildman–Crippen LogP) is 4.04. The first kappa shape index (κ1) is 18.0. The first-order valence-corrected chi connectivity index (χ1v) is 9.48. The van der Waals surface area contributed by atoms with Crippen molar-refractivity contribution in [2.45, 2.75) is 26.2 Å². The summed E-state index contributed by atoms with van der Waals surface area (Å²) in [7, 11) is 0. The lowest BCUT2D eigenvalue weighted by molar-refractivity contribution is -0.117. The molecule has 2 aromatic carbocycles. The number of rotatable bonds is 6. The van der Waals surface area contributed by atoms with Crippen LogP contribution in [-0.4, -0.2) is 21.4 Å². The monoisotopic (exact) mass is 374 g/mol. The van der Waals surface area contributed by atoms with Crippen molar-refractivity contribution >= 4 is 23.3 Å². The molecule has 0 bridgehead atoms. The summed E-state index contributed by atoms with van der Waals surface area (Å²) in [6, 6.07) is 15.1. The molecule has 6 heteroatoms. The van der Waals surface area contributed by atoms with E-state index in [0.29, 0.717) is 11.4 Å². The second kappa shape index (κ2) is 7.68. The molecule has 142 valence electrons. The molecule has 0 atom stereocenters. The zero-order chi connectivity index (χ0) is 19.5. The third-order valence-electron chi connectivity index (χ3n) is 4.83. The molecule has 3 aromatic rings. The molecule has 0 aliphatic heterocycles. The van der Waals surface area contributed by atoms with Crippen LogP contribution >= 0.6 is 0 Å². The highest BCUT2D eigenvalue weighted by molar-refractivity contribution is 6.04. The number of hydrogen-bond acceptors (Lipinski definition) is 3. The van der Waals surface area contributed by atoms with Crippen molar-refractivity contribution in [1.82, 2.24) is 9.55 Å². The Morgan fingerprint density at radius 1 is 1.04 bits per heavy atom. The lowest BCUT2D eigenvalue weighted by Crippen LogP contribution is -2.13. The van der Waals surface area contributed by atoms with E-state index in [9.17, 15) is 9.59 Å².